The van der Waals surface area contributed by atoms with Gasteiger partial charge < -0.3 is 4.57 Å². The molecule has 24 heavy (non-hydrogen) atoms. The van der Waals surface area contributed by atoms with E-state index < -0.39 is 0 Å². The van der Waals surface area contributed by atoms with Gasteiger partial charge in [0.05, 0.1) is 10.2 Å². The first-order chi connectivity index (χ1) is 11.5. The van der Waals surface area contributed by atoms with E-state index in [2.05, 4.69) is 42.5 Å². The molecule has 1 heterocycles. The second-order valence-corrected chi connectivity index (χ2v) is 7.24. The molecule has 0 bridgehead atoms. The molecule has 0 saturated carbocycles. The third kappa shape index (κ3) is 3.20. The Morgan fingerprint density at radius 1 is 1.12 bits per heavy atom. The monoisotopic (exact) mass is 338 g/mol. The first kappa shape index (κ1) is 16.7. The van der Waals surface area contributed by atoms with Crippen LogP contribution in [0.1, 0.15) is 40.4 Å². The molecule has 0 radical (unpaired) electrons. The zero-order valence-electron chi connectivity index (χ0n) is 14.6. The number of hydrogen-bond acceptors (Lipinski definition) is 2. The highest BCUT2D eigenvalue weighted by Gasteiger charge is 2.10. The standard InChI is InChI=1S/C20H22N2OS/c1-5-9-22-17-11-14(3)15(4)12-18(17)24-20(22)21-19(23)16-8-6-7-13(2)10-16/h6-8,10-12H,5,9H2,1-4H3. The van der Waals surface area contributed by atoms with Crippen molar-refractivity contribution in [3.63, 3.8) is 0 Å². The summed E-state index contributed by atoms with van der Waals surface area (Å²) < 4.78 is 3.35. The van der Waals surface area contributed by atoms with Crippen LogP contribution >= 0.6 is 11.3 Å². The molecule has 1 amide bonds. The summed E-state index contributed by atoms with van der Waals surface area (Å²) in [5, 5.41) is 0. The number of carbonyl (C=O) groups excluding carboxylic acids is 1. The predicted molar refractivity (Wildman–Crippen MR) is 101 cm³/mol. The molecule has 0 spiro atoms. The maximum atomic E-state index is 12.6. The summed E-state index contributed by atoms with van der Waals surface area (Å²) >= 11 is 1.59. The third-order valence-corrected chi connectivity index (χ3v) is 5.25. The average molecular weight is 338 g/mol. The first-order valence-corrected chi connectivity index (χ1v) is 9.07. The fourth-order valence-electron chi connectivity index (χ4n) is 2.78. The van der Waals surface area contributed by atoms with Gasteiger partial charge in [0.15, 0.2) is 4.80 Å². The van der Waals surface area contributed by atoms with Gasteiger partial charge in [0.2, 0.25) is 0 Å². The SMILES string of the molecule is CCCn1c(=NC(=O)c2cccc(C)c2)sc2cc(C)c(C)cc21. The van der Waals surface area contributed by atoms with Crippen LogP contribution in [0.3, 0.4) is 0 Å². The van der Waals surface area contributed by atoms with Crippen LogP contribution < -0.4 is 4.80 Å². The molecule has 3 rings (SSSR count). The third-order valence-electron chi connectivity index (χ3n) is 4.21. The van der Waals surface area contributed by atoms with Gasteiger partial charge in [0.25, 0.3) is 5.91 Å². The Bertz CT molecular complexity index is 979. The summed E-state index contributed by atoms with van der Waals surface area (Å²) in [7, 11) is 0. The second kappa shape index (κ2) is 6.73. The highest BCUT2D eigenvalue weighted by molar-refractivity contribution is 7.16. The lowest BCUT2D eigenvalue weighted by atomic mass is 10.1. The fourth-order valence-corrected chi connectivity index (χ4v) is 3.91. The van der Waals surface area contributed by atoms with Gasteiger partial charge in [0.1, 0.15) is 0 Å². The van der Waals surface area contributed by atoms with Gasteiger partial charge in [-0.05, 0) is 62.6 Å². The molecule has 3 aromatic rings. The van der Waals surface area contributed by atoms with Crippen molar-refractivity contribution < 1.29 is 4.79 Å². The number of nitrogens with zero attached hydrogens (tertiary/aromatic N) is 2. The van der Waals surface area contributed by atoms with Crippen LogP contribution in [0, 0.1) is 20.8 Å². The van der Waals surface area contributed by atoms with Crippen LogP contribution in [0.15, 0.2) is 41.4 Å². The quantitative estimate of drug-likeness (QED) is 0.677. The number of aromatic nitrogens is 1. The van der Waals surface area contributed by atoms with Gasteiger partial charge in [-0.25, -0.2) is 0 Å². The molecular weight excluding hydrogens is 316 g/mol. The molecule has 0 N–H and O–H groups in total. The van der Waals surface area contributed by atoms with E-state index in [9.17, 15) is 4.79 Å². The van der Waals surface area contributed by atoms with Gasteiger partial charge in [-0.3, -0.25) is 4.79 Å². The average Bonchev–Trinajstić information content (AvgIpc) is 2.85. The Morgan fingerprint density at radius 2 is 1.88 bits per heavy atom. The summed E-state index contributed by atoms with van der Waals surface area (Å²) in [5.41, 5.74) is 5.41. The van der Waals surface area contributed by atoms with Gasteiger partial charge in [-0.2, -0.15) is 4.99 Å². The van der Waals surface area contributed by atoms with E-state index in [1.54, 1.807) is 11.3 Å². The topological polar surface area (TPSA) is 34.4 Å². The van der Waals surface area contributed by atoms with Crippen molar-refractivity contribution in [3.8, 4) is 0 Å². The number of aryl methyl sites for hydroxylation is 4. The second-order valence-electron chi connectivity index (χ2n) is 6.23. The first-order valence-electron chi connectivity index (χ1n) is 8.26. The minimum Gasteiger partial charge on any atom is -0.316 e. The Hall–Kier alpha value is -2.20. The van der Waals surface area contributed by atoms with Gasteiger partial charge in [0, 0.05) is 12.1 Å². The minimum absolute atomic E-state index is 0.177. The lowest BCUT2D eigenvalue weighted by Gasteiger charge is -2.05. The van der Waals surface area contributed by atoms with Crippen LogP contribution in [-0.2, 0) is 6.54 Å². The molecule has 124 valence electrons. The zero-order chi connectivity index (χ0) is 17.3. The van der Waals surface area contributed by atoms with Crippen molar-refractivity contribution >= 4 is 27.5 Å². The summed E-state index contributed by atoms with van der Waals surface area (Å²) in [6, 6.07) is 12.0. The van der Waals surface area contributed by atoms with Gasteiger partial charge in [-0.1, -0.05) is 36.0 Å². The van der Waals surface area contributed by atoms with Crippen LogP contribution in [0.2, 0.25) is 0 Å². The zero-order valence-corrected chi connectivity index (χ0v) is 15.4. The fraction of sp³-hybridized carbons (Fsp3) is 0.300. The molecule has 0 atom stereocenters. The van der Waals surface area contributed by atoms with E-state index in [4.69, 9.17) is 0 Å². The van der Waals surface area contributed by atoms with Crippen molar-refractivity contribution in [2.45, 2.75) is 40.7 Å². The Morgan fingerprint density at radius 3 is 2.58 bits per heavy atom. The summed E-state index contributed by atoms with van der Waals surface area (Å²) in [4.78, 5) is 17.8. The molecule has 0 saturated heterocycles. The Kier molecular flexibility index (Phi) is 4.67. The van der Waals surface area contributed by atoms with Gasteiger partial charge >= 0.3 is 0 Å². The van der Waals surface area contributed by atoms with Crippen molar-refractivity contribution in [3.05, 3.63) is 63.5 Å². The number of thiazole rings is 1. The van der Waals surface area contributed by atoms with E-state index in [1.807, 2.05) is 31.2 Å². The lowest BCUT2D eigenvalue weighted by Crippen LogP contribution is -2.17. The Labute approximate surface area is 146 Å². The maximum absolute atomic E-state index is 12.6. The minimum atomic E-state index is -0.177. The number of hydrogen-bond donors (Lipinski definition) is 0. The largest absolute Gasteiger partial charge is 0.316 e. The highest BCUT2D eigenvalue weighted by atomic mass is 32.1. The van der Waals surface area contributed by atoms with Crippen molar-refractivity contribution in [2.24, 2.45) is 4.99 Å². The molecule has 0 aliphatic rings. The predicted octanol–water partition coefficient (Wildman–Crippen LogP) is 4.78. The normalized spacial score (nSPS) is 12.1. The van der Waals surface area contributed by atoms with Crippen LogP contribution in [0.4, 0.5) is 0 Å². The van der Waals surface area contributed by atoms with Crippen molar-refractivity contribution in [1.29, 1.82) is 0 Å². The van der Waals surface area contributed by atoms with Crippen LogP contribution in [0.25, 0.3) is 10.2 Å². The molecule has 0 unspecified atom stereocenters. The van der Waals surface area contributed by atoms with Crippen LogP contribution in [-0.4, -0.2) is 10.5 Å². The smallest absolute Gasteiger partial charge is 0.279 e. The van der Waals surface area contributed by atoms with Crippen molar-refractivity contribution in [1.82, 2.24) is 4.57 Å². The highest BCUT2D eigenvalue weighted by Crippen LogP contribution is 2.22. The Balaban J connectivity index is 2.17. The number of carbonyl (C=O) groups is 1. The maximum Gasteiger partial charge on any atom is 0.279 e. The van der Waals surface area contributed by atoms with E-state index in [0.717, 1.165) is 23.3 Å². The lowest BCUT2D eigenvalue weighted by molar-refractivity contribution is 0.0997. The summed E-state index contributed by atoms with van der Waals surface area (Å²) in [5.74, 6) is -0.177. The molecule has 0 aliphatic heterocycles. The molecule has 0 fully saturated rings. The van der Waals surface area contributed by atoms with E-state index in [1.165, 1.54) is 21.3 Å². The molecule has 1 aromatic heterocycles. The number of fused-ring (bicyclic) bond motifs is 1. The van der Waals surface area contributed by atoms with E-state index in [-0.39, 0.29) is 5.91 Å². The summed E-state index contributed by atoms with van der Waals surface area (Å²) in [6.07, 6.45) is 1.00. The number of amides is 1. The van der Waals surface area contributed by atoms with Crippen molar-refractivity contribution in [2.75, 3.05) is 0 Å². The van der Waals surface area contributed by atoms with E-state index >= 15 is 0 Å². The molecule has 3 nitrogen and oxygen atoms in total. The molecule has 2 aromatic carbocycles. The number of benzene rings is 2. The molecule has 4 heteroatoms. The molecular formula is C20H22N2OS. The number of rotatable bonds is 3. The molecule has 0 aliphatic carbocycles. The van der Waals surface area contributed by atoms with Crippen LogP contribution in [0.5, 0.6) is 0 Å². The van der Waals surface area contributed by atoms with E-state index in [0.29, 0.717) is 5.56 Å². The van der Waals surface area contributed by atoms with Gasteiger partial charge in [-0.15, -0.1) is 0 Å². The summed E-state index contributed by atoms with van der Waals surface area (Å²) in [6.45, 7) is 9.23.